The molecule has 0 bridgehead atoms. The maximum Gasteiger partial charge on any atom is 0.416 e. The highest BCUT2D eigenvalue weighted by Crippen LogP contribution is 2.30. The number of rotatable bonds is 4. The van der Waals surface area contributed by atoms with Crippen molar-refractivity contribution >= 4 is 33.3 Å². The predicted molar refractivity (Wildman–Crippen MR) is 99.2 cm³/mol. The Morgan fingerprint density at radius 2 is 1.93 bits per heavy atom. The topological polar surface area (TPSA) is 73.8 Å². The highest BCUT2D eigenvalue weighted by molar-refractivity contribution is 7.98. The number of thioether (sulfide) groups is 1. The average Bonchev–Trinajstić information content (AvgIpc) is 3.32. The molecule has 144 valence electrons. The van der Waals surface area contributed by atoms with Gasteiger partial charge in [-0.15, -0.1) is 11.3 Å². The second-order valence-electron chi connectivity index (χ2n) is 5.77. The van der Waals surface area contributed by atoms with E-state index < -0.39 is 11.7 Å². The van der Waals surface area contributed by atoms with E-state index in [4.69, 9.17) is 4.52 Å². The first-order valence-corrected chi connectivity index (χ1v) is 9.77. The highest BCUT2D eigenvalue weighted by Gasteiger charge is 2.30. The summed E-state index contributed by atoms with van der Waals surface area (Å²) >= 11 is 2.60. The Labute approximate surface area is 164 Å². The number of alkyl halides is 3. The zero-order chi connectivity index (χ0) is 19.9. The highest BCUT2D eigenvalue weighted by atomic mass is 32.2. The molecule has 4 rings (SSSR count). The number of thiophene rings is 1. The fourth-order valence-electron chi connectivity index (χ4n) is 2.46. The molecule has 0 fully saturated rings. The smallest absolute Gasteiger partial charge is 0.338 e. The van der Waals surface area contributed by atoms with E-state index >= 15 is 0 Å². The summed E-state index contributed by atoms with van der Waals surface area (Å²) in [5.74, 6) is 0.739. The van der Waals surface area contributed by atoms with Crippen LogP contribution in [0.5, 0.6) is 0 Å². The van der Waals surface area contributed by atoms with Crippen LogP contribution in [-0.4, -0.2) is 19.7 Å². The van der Waals surface area contributed by atoms with Crippen molar-refractivity contribution in [2.45, 2.75) is 17.1 Å². The molecule has 0 aliphatic carbocycles. The van der Waals surface area contributed by atoms with Crippen molar-refractivity contribution < 1.29 is 17.7 Å². The number of aromatic nitrogens is 4. The number of nitrogens with zero attached hydrogens (tertiary/aromatic N) is 4. The lowest BCUT2D eigenvalue weighted by molar-refractivity contribution is -0.137. The molecule has 6 nitrogen and oxygen atoms in total. The molecule has 11 heteroatoms. The summed E-state index contributed by atoms with van der Waals surface area (Å²) in [7, 11) is 1.64. The molecule has 0 amide bonds. The van der Waals surface area contributed by atoms with Crippen LogP contribution in [0.2, 0.25) is 0 Å². The van der Waals surface area contributed by atoms with Crippen LogP contribution in [0.1, 0.15) is 11.5 Å². The van der Waals surface area contributed by atoms with Crippen LogP contribution < -0.4 is 5.56 Å². The van der Waals surface area contributed by atoms with Gasteiger partial charge in [-0.1, -0.05) is 29.1 Å². The van der Waals surface area contributed by atoms with Crippen LogP contribution in [0.25, 0.3) is 21.6 Å². The first kappa shape index (κ1) is 18.7. The molecule has 0 aliphatic rings. The third-order valence-electron chi connectivity index (χ3n) is 3.91. The second kappa shape index (κ2) is 7.06. The van der Waals surface area contributed by atoms with Gasteiger partial charge >= 0.3 is 6.18 Å². The Morgan fingerprint density at radius 1 is 1.18 bits per heavy atom. The fourth-order valence-corrected chi connectivity index (χ4v) is 4.08. The molecule has 0 spiro atoms. The van der Waals surface area contributed by atoms with Crippen molar-refractivity contribution in [3.63, 3.8) is 0 Å². The Balaban J connectivity index is 1.51. The zero-order valence-corrected chi connectivity index (χ0v) is 15.9. The molecule has 0 saturated carbocycles. The maximum atomic E-state index is 12.6. The third kappa shape index (κ3) is 3.54. The Kier molecular flexibility index (Phi) is 4.71. The van der Waals surface area contributed by atoms with E-state index in [1.807, 2.05) is 5.38 Å². The lowest BCUT2D eigenvalue weighted by atomic mass is 10.1. The lowest BCUT2D eigenvalue weighted by Crippen LogP contribution is -2.18. The number of halogens is 3. The first-order chi connectivity index (χ1) is 13.3. The summed E-state index contributed by atoms with van der Waals surface area (Å²) in [6.45, 7) is 0. The van der Waals surface area contributed by atoms with Crippen molar-refractivity contribution in [3.8, 4) is 11.4 Å². The quantitative estimate of drug-likeness (QED) is 0.358. The van der Waals surface area contributed by atoms with E-state index in [1.165, 1.54) is 39.8 Å². The molecular formula is C17H11F3N4O2S2. The van der Waals surface area contributed by atoms with Crippen LogP contribution in [0, 0.1) is 0 Å². The second-order valence-corrected chi connectivity index (χ2v) is 7.63. The summed E-state index contributed by atoms with van der Waals surface area (Å²) in [5.41, 5.74) is 0.176. The standard InChI is InChI=1S/C17H11F3N4O2S2/c1-24-15(25)13-11(6-7-27-13)21-16(24)28-8-12-22-14(23-26-12)9-2-4-10(5-3-9)17(18,19)20/h2-7H,8H2,1H3. The van der Waals surface area contributed by atoms with E-state index in [2.05, 4.69) is 15.1 Å². The van der Waals surface area contributed by atoms with E-state index in [-0.39, 0.29) is 23.0 Å². The largest absolute Gasteiger partial charge is 0.416 e. The maximum absolute atomic E-state index is 12.6. The summed E-state index contributed by atoms with van der Waals surface area (Å²) < 4.78 is 45.1. The molecule has 0 radical (unpaired) electrons. The van der Waals surface area contributed by atoms with Gasteiger partial charge in [-0.25, -0.2) is 4.98 Å². The van der Waals surface area contributed by atoms with Crippen molar-refractivity contribution in [1.29, 1.82) is 0 Å². The van der Waals surface area contributed by atoms with Gasteiger partial charge in [-0.3, -0.25) is 9.36 Å². The fraction of sp³-hybridized carbons (Fsp3) is 0.176. The van der Waals surface area contributed by atoms with Gasteiger partial charge in [0.25, 0.3) is 5.56 Å². The van der Waals surface area contributed by atoms with E-state index in [1.54, 1.807) is 13.1 Å². The number of hydrogen-bond donors (Lipinski definition) is 0. The normalized spacial score (nSPS) is 12.0. The van der Waals surface area contributed by atoms with Crippen LogP contribution in [0.3, 0.4) is 0 Å². The summed E-state index contributed by atoms with van der Waals surface area (Å²) in [4.78, 5) is 20.9. The molecule has 0 unspecified atom stereocenters. The monoisotopic (exact) mass is 424 g/mol. The SMILES string of the molecule is Cn1c(SCc2nc(-c3ccc(C(F)(F)F)cc3)no2)nc2ccsc2c1=O. The van der Waals surface area contributed by atoms with Crippen molar-refractivity contribution in [2.24, 2.45) is 7.05 Å². The van der Waals surface area contributed by atoms with Gasteiger partial charge in [-0.2, -0.15) is 18.2 Å². The number of hydrogen-bond acceptors (Lipinski definition) is 7. The molecule has 3 heterocycles. The molecule has 0 saturated heterocycles. The lowest BCUT2D eigenvalue weighted by Gasteiger charge is -2.05. The summed E-state index contributed by atoms with van der Waals surface area (Å²) in [6, 6.07) is 6.30. The van der Waals surface area contributed by atoms with Gasteiger partial charge in [0, 0.05) is 12.6 Å². The molecule has 4 aromatic rings. The average molecular weight is 424 g/mol. The van der Waals surface area contributed by atoms with Crippen molar-refractivity contribution in [2.75, 3.05) is 0 Å². The third-order valence-corrected chi connectivity index (χ3v) is 5.82. The van der Waals surface area contributed by atoms with Gasteiger partial charge in [0.15, 0.2) is 5.16 Å². The Bertz CT molecular complexity index is 1200. The van der Waals surface area contributed by atoms with Crippen LogP contribution in [-0.2, 0) is 19.0 Å². The first-order valence-electron chi connectivity index (χ1n) is 7.90. The molecule has 0 atom stereocenters. The molecule has 3 aromatic heterocycles. The molecule has 28 heavy (non-hydrogen) atoms. The predicted octanol–water partition coefficient (Wildman–Crippen LogP) is 4.36. The van der Waals surface area contributed by atoms with Gasteiger partial charge in [0.1, 0.15) is 4.70 Å². The van der Waals surface area contributed by atoms with Crippen LogP contribution in [0.15, 0.2) is 50.2 Å². The Hall–Kier alpha value is -2.66. The number of benzene rings is 1. The molecule has 1 aromatic carbocycles. The summed E-state index contributed by atoms with van der Waals surface area (Å²) in [5, 5.41) is 6.12. The summed E-state index contributed by atoms with van der Waals surface area (Å²) in [6.07, 6.45) is -4.40. The molecule has 0 aliphatic heterocycles. The van der Waals surface area contributed by atoms with Crippen molar-refractivity contribution in [3.05, 3.63) is 57.5 Å². The van der Waals surface area contributed by atoms with Gasteiger partial charge in [0.2, 0.25) is 11.7 Å². The van der Waals surface area contributed by atoms with E-state index in [0.717, 1.165) is 12.1 Å². The Morgan fingerprint density at radius 3 is 2.64 bits per heavy atom. The van der Waals surface area contributed by atoms with Gasteiger partial charge < -0.3 is 4.52 Å². The van der Waals surface area contributed by atoms with Crippen molar-refractivity contribution in [1.82, 2.24) is 19.7 Å². The molecular weight excluding hydrogens is 413 g/mol. The number of fused-ring (bicyclic) bond motifs is 1. The minimum absolute atomic E-state index is 0.126. The molecule has 0 N–H and O–H groups in total. The minimum atomic E-state index is -4.40. The van der Waals surface area contributed by atoms with E-state index in [0.29, 0.717) is 20.9 Å². The zero-order valence-electron chi connectivity index (χ0n) is 14.2. The van der Waals surface area contributed by atoms with Crippen LogP contribution >= 0.6 is 23.1 Å². The van der Waals surface area contributed by atoms with Gasteiger partial charge in [-0.05, 0) is 23.6 Å². The van der Waals surface area contributed by atoms with Gasteiger partial charge in [0.05, 0.1) is 16.8 Å². The van der Waals surface area contributed by atoms with E-state index in [9.17, 15) is 18.0 Å². The minimum Gasteiger partial charge on any atom is -0.338 e. The van der Waals surface area contributed by atoms with Crippen LogP contribution in [0.4, 0.5) is 13.2 Å².